The topological polar surface area (TPSA) is 16.4 Å². The average Bonchev–Trinajstić information content (AvgIpc) is 4.00. The van der Waals surface area contributed by atoms with Crippen LogP contribution in [0.3, 0.4) is 0 Å². The third-order valence-electron chi connectivity index (χ3n) is 13.6. The zero-order chi connectivity index (χ0) is 41.6. The first-order valence-corrected chi connectivity index (χ1v) is 22.5. The summed E-state index contributed by atoms with van der Waals surface area (Å²) in [6, 6.07) is 80.1. The fourth-order valence-corrected chi connectivity index (χ4v) is 11.6. The smallest absolute Gasteiger partial charge is 0.135 e. The fourth-order valence-electron chi connectivity index (χ4n) is 10.4. The van der Waals surface area contributed by atoms with Crippen LogP contribution < -0.4 is 4.90 Å². The molecule has 1 aliphatic carbocycles. The summed E-state index contributed by atoms with van der Waals surface area (Å²) in [7, 11) is 0. The zero-order valence-corrected chi connectivity index (χ0v) is 35.4. The van der Waals surface area contributed by atoms with E-state index in [0.717, 1.165) is 50.1 Å². The Morgan fingerprint density at radius 2 is 0.968 bits per heavy atom. The molecular weight excluding hydrogens is 783 g/mol. The minimum Gasteiger partial charge on any atom is -0.456 e. The van der Waals surface area contributed by atoms with Gasteiger partial charge in [-0.1, -0.05) is 152 Å². The maximum absolute atomic E-state index is 6.16. The van der Waals surface area contributed by atoms with Crippen molar-refractivity contribution in [2.45, 2.75) is 12.3 Å². The molecule has 0 atom stereocenters. The first-order chi connectivity index (χ1) is 31.1. The van der Waals surface area contributed by atoms with E-state index in [0.29, 0.717) is 0 Å². The molecule has 13 rings (SSSR count). The monoisotopic (exact) mass is 821 g/mol. The van der Waals surface area contributed by atoms with Crippen molar-refractivity contribution in [2.75, 3.05) is 4.90 Å². The van der Waals surface area contributed by atoms with Crippen LogP contribution in [0, 0.1) is 0 Å². The Hall–Kier alpha value is -7.72. The lowest BCUT2D eigenvalue weighted by molar-refractivity contribution is 0.669. The molecule has 0 N–H and O–H groups in total. The standard InChI is InChI=1S/C60H39NOS/c1-60(54-17-6-2-11-48(54)49-12-3-7-18-55(49)60)43-27-32-45(33-28-43)61(44-29-23-38(24-30-44)41-26-34-57-53(37-41)50-13-4-8-19-56(50)62-57)46-31-25-39-35-42(22-21-40(39)36-46)47-15-10-16-52-51-14-5-9-20-58(51)63-59(47)52/h2-37H,1H3. The zero-order valence-electron chi connectivity index (χ0n) is 34.5. The van der Waals surface area contributed by atoms with Crippen LogP contribution in [0.1, 0.15) is 23.6 Å². The number of furan rings is 1. The third-order valence-corrected chi connectivity index (χ3v) is 14.8. The number of rotatable bonds is 6. The van der Waals surface area contributed by atoms with Crippen molar-refractivity contribution in [3.63, 3.8) is 0 Å². The van der Waals surface area contributed by atoms with Gasteiger partial charge >= 0.3 is 0 Å². The molecule has 2 aromatic heterocycles. The minimum atomic E-state index is -0.263. The van der Waals surface area contributed by atoms with E-state index in [4.69, 9.17) is 4.42 Å². The molecule has 296 valence electrons. The molecule has 1 aliphatic rings. The summed E-state index contributed by atoms with van der Waals surface area (Å²) in [5.41, 5.74) is 16.3. The molecule has 12 aromatic rings. The molecule has 63 heavy (non-hydrogen) atoms. The summed E-state index contributed by atoms with van der Waals surface area (Å²) in [4.78, 5) is 2.39. The Balaban J connectivity index is 0.912. The number of benzene rings is 10. The van der Waals surface area contributed by atoms with Crippen molar-refractivity contribution in [2.24, 2.45) is 0 Å². The van der Waals surface area contributed by atoms with E-state index < -0.39 is 0 Å². The summed E-state index contributed by atoms with van der Waals surface area (Å²) < 4.78 is 8.82. The first-order valence-electron chi connectivity index (χ1n) is 21.6. The van der Waals surface area contributed by atoms with Gasteiger partial charge in [0.25, 0.3) is 0 Å². The molecular formula is C60H39NOS. The number of hydrogen-bond donors (Lipinski definition) is 0. The Labute approximate surface area is 369 Å². The van der Waals surface area contributed by atoms with E-state index in [2.05, 4.69) is 218 Å². The second-order valence-electron chi connectivity index (χ2n) is 17.0. The minimum absolute atomic E-state index is 0.263. The SMILES string of the molecule is CC1(c2ccc(N(c3ccc(-c4ccc5oc6ccccc6c5c4)cc3)c3ccc4cc(-c5cccc6c5sc5ccccc56)ccc4c3)cc2)c2ccccc2-c2ccccc21. The van der Waals surface area contributed by atoms with E-state index in [1.807, 2.05) is 23.5 Å². The number of thiophene rings is 1. The van der Waals surface area contributed by atoms with Gasteiger partial charge in [-0.05, 0) is 134 Å². The third kappa shape index (κ3) is 5.56. The number of hydrogen-bond acceptors (Lipinski definition) is 3. The van der Waals surface area contributed by atoms with Gasteiger partial charge in [0.1, 0.15) is 11.2 Å². The Kier molecular flexibility index (Phi) is 7.94. The van der Waals surface area contributed by atoms with E-state index in [-0.39, 0.29) is 5.41 Å². The van der Waals surface area contributed by atoms with Gasteiger partial charge in [-0.25, -0.2) is 0 Å². The van der Waals surface area contributed by atoms with Gasteiger partial charge in [-0.3, -0.25) is 0 Å². The molecule has 0 radical (unpaired) electrons. The highest BCUT2D eigenvalue weighted by molar-refractivity contribution is 7.26. The molecule has 0 spiro atoms. The Morgan fingerprint density at radius 1 is 0.397 bits per heavy atom. The van der Waals surface area contributed by atoms with Crippen LogP contribution in [0.4, 0.5) is 17.1 Å². The van der Waals surface area contributed by atoms with Crippen molar-refractivity contribution in [1.82, 2.24) is 0 Å². The summed E-state index contributed by atoms with van der Waals surface area (Å²) in [6.07, 6.45) is 0. The van der Waals surface area contributed by atoms with E-state index in [9.17, 15) is 0 Å². The number of nitrogens with zero attached hydrogens (tertiary/aromatic N) is 1. The summed E-state index contributed by atoms with van der Waals surface area (Å²) >= 11 is 1.88. The van der Waals surface area contributed by atoms with Crippen molar-refractivity contribution >= 4 is 81.3 Å². The quantitative estimate of drug-likeness (QED) is 0.166. The molecule has 3 heteroatoms. The molecule has 2 nitrogen and oxygen atoms in total. The molecule has 0 aliphatic heterocycles. The van der Waals surface area contributed by atoms with Gasteiger partial charge in [0, 0.05) is 53.4 Å². The van der Waals surface area contributed by atoms with Crippen molar-refractivity contribution in [3.8, 4) is 33.4 Å². The van der Waals surface area contributed by atoms with Crippen LogP contribution in [0.25, 0.3) is 86.3 Å². The highest BCUT2D eigenvalue weighted by atomic mass is 32.1. The predicted molar refractivity (Wildman–Crippen MR) is 267 cm³/mol. The van der Waals surface area contributed by atoms with Crippen molar-refractivity contribution < 1.29 is 4.42 Å². The fraction of sp³-hybridized carbons (Fsp3) is 0.0333. The maximum atomic E-state index is 6.16. The molecule has 0 unspecified atom stereocenters. The molecule has 10 aromatic carbocycles. The Morgan fingerprint density at radius 3 is 1.76 bits per heavy atom. The van der Waals surface area contributed by atoms with Gasteiger partial charge in [-0.15, -0.1) is 11.3 Å². The van der Waals surface area contributed by atoms with Crippen LogP contribution in [0.2, 0.25) is 0 Å². The lowest BCUT2D eigenvalue weighted by Crippen LogP contribution is -2.22. The van der Waals surface area contributed by atoms with Gasteiger partial charge in [-0.2, -0.15) is 0 Å². The van der Waals surface area contributed by atoms with Crippen LogP contribution in [0.5, 0.6) is 0 Å². The van der Waals surface area contributed by atoms with Crippen LogP contribution in [0.15, 0.2) is 223 Å². The lowest BCUT2D eigenvalue weighted by atomic mass is 9.74. The van der Waals surface area contributed by atoms with Crippen LogP contribution in [-0.2, 0) is 5.41 Å². The normalized spacial score (nSPS) is 13.0. The molecule has 2 heterocycles. The molecule has 0 fully saturated rings. The summed E-state index contributed by atoms with van der Waals surface area (Å²) in [5, 5.41) is 7.33. The molecule has 0 bridgehead atoms. The highest BCUT2D eigenvalue weighted by Crippen LogP contribution is 2.52. The number of anilines is 3. The number of fused-ring (bicyclic) bond motifs is 10. The summed E-state index contributed by atoms with van der Waals surface area (Å²) in [6.45, 7) is 2.38. The predicted octanol–water partition coefficient (Wildman–Crippen LogP) is 17.2. The van der Waals surface area contributed by atoms with E-state index in [1.165, 1.54) is 69.9 Å². The van der Waals surface area contributed by atoms with Crippen LogP contribution >= 0.6 is 11.3 Å². The van der Waals surface area contributed by atoms with Gasteiger partial charge in [0.2, 0.25) is 0 Å². The first kappa shape index (κ1) is 36.0. The molecule has 0 amide bonds. The highest BCUT2D eigenvalue weighted by Gasteiger charge is 2.40. The molecule has 0 saturated carbocycles. The number of para-hydroxylation sites is 1. The van der Waals surface area contributed by atoms with Crippen molar-refractivity contribution in [1.29, 1.82) is 0 Å². The van der Waals surface area contributed by atoms with Gasteiger partial charge < -0.3 is 9.32 Å². The van der Waals surface area contributed by atoms with Gasteiger partial charge in [0.15, 0.2) is 0 Å². The summed E-state index contributed by atoms with van der Waals surface area (Å²) in [5.74, 6) is 0. The lowest BCUT2D eigenvalue weighted by Gasteiger charge is -2.30. The average molecular weight is 822 g/mol. The second kappa shape index (κ2) is 13.9. The van der Waals surface area contributed by atoms with E-state index >= 15 is 0 Å². The largest absolute Gasteiger partial charge is 0.456 e. The molecule has 0 saturated heterocycles. The van der Waals surface area contributed by atoms with E-state index in [1.54, 1.807) is 0 Å². The Bertz CT molecular complexity index is 3710. The maximum Gasteiger partial charge on any atom is 0.135 e. The van der Waals surface area contributed by atoms with Crippen LogP contribution in [-0.4, -0.2) is 0 Å². The second-order valence-corrected chi connectivity index (χ2v) is 18.0. The van der Waals surface area contributed by atoms with Gasteiger partial charge in [0.05, 0.1) is 0 Å². The van der Waals surface area contributed by atoms with Crippen molar-refractivity contribution in [3.05, 3.63) is 235 Å².